The predicted octanol–water partition coefficient (Wildman–Crippen LogP) is 3.64. The van der Waals surface area contributed by atoms with Crippen molar-refractivity contribution >= 4 is 5.91 Å². The van der Waals surface area contributed by atoms with Crippen molar-refractivity contribution in [3.05, 3.63) is 35.7 Å². The van der Waals surface area contributed by atoms with E-state index in [-0.39, 0.29) is 38.0 Å². The number of carbonyl (C=O) groups excluding carboxylic acids is 1. The summed E-state index contributed by atoms with van der Waals surface area (Å²) >= 11 is 0. The van der Waals surface area contributed by atoms with E-state index in [1.165, 1.54) is 6.07 Å². The molecule has 0 saturated heterocycles. The number of hydrogen-bond donors (Lipinski definition) is 1. The highest BCUT2D eigenvalue weighted by Crippen LogP contribution is 2.67. The van der Waals surface area contributed by atoms with Crippen molar-refractivity contribution in [1.82, 2.24) is 15.5 Å². The van der Waals surface area contributed by atoms with Gasteiger partial charge in [-0.25, -0.2) is 8.78 Å². The normalized spacial score (nSPS) is 30.8. The van der Waals surface area contributed by atoms with E-state index in [0.717, 1.165) is 12.1 Å². The van der Waals surface area contributed by atoms with E-state index in [1.807, 2.05) is 0 Å². The van der Waals surface area contributed by atoms with Gasteiger partial charge in [-0.05, 0) is 37.5 Å². The van der Waals surface area contributed by atoms with Crippen molar-refractivity contribution in [2.75, 3.05) is 6.61 Å². The summed E-state index contributed by atoms with van der Waals surface area (Å²) < 4.78 is 77.4. The van der Waals surface area contributed by atoms with Crippen LogP contribution in [-0.2, 0) is 19.7 Å². The third kappa shape index (κ3) is 3.85. The fraction of sp³-hybridized carbons (Fsp3) is 0.550. The van der Waals surface area contributed by atoms with E-state index in [4.69, 9.17) is 9.26 Å². The van der Waals surface area contributed by atoms with Crippen LogP contribution < -0.4 is 5.32 Å². The first-order valence-electron chi connectivity index (χ1n) is 10.0. The maximum Gasteiger partial charge on any atom is 0.522 e. The molecule has 0 atom stereocenters. The molecule has 2 aromatic rings. The highest BCUT2D eigenvalue weighted by molar-refractivity contribution is 5.79. The standard InChI is InChI=1S/C20H18F5N3O4.H2/c21-13-2-1-10(3-14(13)22)16-26-17(32-28-16)18-7-19(8-18,9-18)27-15(29)6-30-11-4-12(5-11)31-20(23,24)25;/h1-3,11-12H,4-9H2,(H,27,29);1H. The Kier molecular flexibility index (Phi) is 4.79. The molecule has 1 heterocycles. The molecule has 2 bridgehead atoms. The van der Waals surface area contributed by atoms with Gasteiger partial charge in [0, 0.05) is 25.4 Å². The highest BCUT2D eigenvalue weighted by atomic mass is 19.4. The summed E-state index contributed by atoms with van der Waals surface area (Å²) in [5, 5.41) is 6.75. The topological polar surface area (TPSA) is 86.5 Å². The van der Waals surface area contributed by atoms with Crippen molar-refractivity contribution in [1.29, 1.82) is 0 Å². The molecule has 4 aliphatic carbocycles. The largest absolute Gasteiger partial charge is 0.522 e. The molecule has 1 aromatic carbocycles. The first kappa shape index (κ1) is 21.3. The molecule has 7 nitrogen and oxygen atoms in total. The van der Waals surface area contributed by atoms with E-state index in [0.29, 0.717) is 30.7 Å². The minimum atomic E-state index is -4.67. The number of amides is 1. The molecule has 12 heteroatoms. The molecule has 174 valence electrons. The van der Waals surface area contributed by atoms with Gasteiger partial charge in [0.05, 0.1) is 17.6 Å². The number of nitrogens with zero attached hydrogens (tertiary/aromatic N) is 2. The molecule has 1 amide bonds. The first-order chi connectivity index (χ1) is 15.0. The summed E-state index contributed by atoms with van der Waals surface area (Å²) in [5.74, 6) is -1.77. The number of rotatable bonds is 7. The molecule has 1 N–H and O–H groups in total. The SMILES string of the molecule is O=C(COC1CC(OC(F)(F)F)C1)NC12CC(c3nc(-c4ccc(F)c(F)c4)no3)(C1)C2.[HH]. The third-order valence-electron chi connectivity index (χ3n) is 6.29. The van der Waals surface area contributed by atoms with E-state index < -0.39 is 35.7 Å². The Bertz CT molecular complexity index is 1040. The number of benzene rings is 1. The van der Waals surface area contributed by atoms with Crippen molar-refractivity contribution in [3.63, 3.8) is 0 Å². The van der Waals surface area contributed by atoms with Crippen LogP contribution in [0.3, 0.4) is 0 Å². The second-order valence-electron chi connectivity index (χ2n) is 8.78. The Morgan fingerprint density at radius 3 is 2.56 bits per heavy atom. The average molecular weight is 461 g/mol. The van der Waals surface area contributed by atoms with Crippen LogP contribution in [0.1, 0.15) is 39.4 Å². The lowest BCUT2D eigenvalue weighted by molar-refractivity contribution is -0.357. The maximum atomic E-state index is 13.4. The number of alkyl halides is 3. The van der Waals surface area contributed by atoms with Crippen LogP contribution in [0, 0.1) is 11.6 Å². The van der Waals surface area contributed by atoms with Gasteiger partial charge in [0.25, 0.3) is 0 Å². The molecular formula is C20H20F5N3O4. The lowest BCUT2D eigenvalue weighted by Crippen LogP contribution is -2.77. The zero-order valence-corrected chi connectivity index (χ0v) is 16.5. The minimum absolute atomic E-state index is 0. The smallest absolute Gasteiger partial charge is 0.368 e. The van der Waals surface area contributed by atoms with E-state index in [1.54, 1.807) is 0 Å². The Hall–Kier alpha value is -2.60. The summed E-state index contributed by atoms with van der Waals surface area (Å²) in [7, 11) is 0. The Balaban J connectivity index is 0.00000259. The van der Waals surface area contributed by atoms with E-state index in [2.05, 4.69) is 20.2 Å². The lowest BCUT2D eigenvalue weighted by Gasteiger charge is -2.68. The number of carbonyl (C=O) groups is 1. The van der Waals surface area contributed by atoms with Gasteiger partial charge in [0.2, 0.25) is 17.6 Å². The molecule has 4 aliphatic rings. The zero-order chi connectivity index (χ0) is 22.7. The Labute approximate surface area is 179 Å². The van der Waals surface area contributed by atoms with Crippen LogP contribution in [0.5, 0.6) is 0 Å². The van der Waals surface area contributed by atoms with Crippen LogP contribution in [0.2, 0.25) is 0 Å². The molecule has 0 aliphatic heterocycles. The second kappa shape index (κ2) is 7.20. The average Bonchev–Trinajstić information content (AvgIpc) is 3.10. The van der Waals surface area contributed by atoms with Gasteiger partial charge in [-0.2, -0.15) is 4.98 Å². The van der Waals surface area contributed by atoms with Crippen LogP contribution in [0.4, 0.5) is 22.0 Å². The van der Waals surface area contributed by atoms with Gasteiger partial charge in [0.1, 0.15) is 6.61 Å². The molecule has 0 unspecified atom stereocenters. The van der Waals surface area contributed by atoms with Gasteiger partial charge in [-0.3, -0.25) is 9.53 Å². The number of hydrogen-bond acceptors (Lipinski definition) is 6. The third-order valence-corrected chi connectivity index (χ3v) is 6.29. The summed E-state index contributed by atoms with van der Waals surface area (Å²) in [6.45, 7) is -0.237. The van der Waals surface area contributed by atoms with Crippen LogP contribution in [0.15, 0.2) is 22.7 Å². The molecule has 32 heavy (non-hydrogen) atoms. The summed E-state index contributed by atoms with van der Waals surface area (Å²) in [4.78, 5) is 16.5. The predicted molar refractivity (Wildman–Crippen MR) is 98.1 cm³/mol. The Morgan fingerprint density at radius 2 is 1.91 bits per heavy atom. The number of halogens is 5. The molecule has 6 rings (SSSR count). The van der Waals surface area contributed by atoms with Crippen LogP contribution in [0.25, 0.3) is 11.4 Å². The fourth-order valence-corrected chi connectivity index (χ4v) is 4.80. The molecule has 1 aromatic heterocycles. The molecule has 0 radical (unpaired) electrons. The summed E-state index contributed by atoms with van der Waals surface area (Å²) in [5.41, 5.74) is -0.447. The highest BCUT2D eigenvalue weighted by Gasteiger charge is 2.72. The summed E-state index contributed by atoms with van der Waals surface area (Å²) in [6, 6.07) is 3.34. The lowest BCUT2D eigenvalue weighted by atomic mass is 9.39. The van der Waals surface area contributed by atoms with Crippen LogP contribution >= 0.6 is 0 Å². The number of aromatic nitrogens is 2. The van der Waals surface area contributed by atoms with Crippen molar-refractivity contribution in [2.45, 2.75) is 61.6 Å². The van der Waals surface area contributed by atoms with Gasteiger partial charge < -0.3 is 14.6 Å². The fourth-order valence-electron chi connectivity index (χ4n) is 4.80. The van der Waals surface area contributed by atoms with Crippen molar-refractivity contribution in [3.8, 4) is 11.4 Å². The quantitative estimate of drug-likeness (QED) is 0.634. The minimum Gasteiger partial charge on any atom is -0.368 e. The van der Waals surface area contributed by atoms with Gasteiger partial charge >= 0.3 is 6.36 Å². The molecule has 4 saturated carbocycles. The molecule has 4 fully saturated rings. The Morgan fingerprint density at radius 1 is 1.19 bits per heavy atom. The molecular weight excluding hydrogens is 441 g/mol. The van der Waals surface area contributed by atoms with Gasteiger partial charge in [-0.1, -0.05) is 5.16 Å². The second-order valence-corrected chi connectivity index (χ2v) is 8.78. The first-order valence-corrected chi connectivity index (χ1v) is 10.0. The van der Waals surface area contributed by atoms with E-state index in [9.17, 15) is 26.7 Å². The van der Waals surface area contributed by atoms with Gasteiger partial charge in [-0.15, -0.1) is 13.2 Å². The van der Waals surface area contributed by atoms with Crippen molar-refractivity contribution < 1.29 is 42.2 Å². The number of nitrogens with one attached hydrogen (secondary N) is 1. The maximum absolute atomic E-state index is 13.4. The van der Waals surface area contributed by atoms with E-state index >= 15 is 0 Å². The monoisotopic (exact) mass is 461 g/mol. The van der Waals surface area contributed by atoms with Gasteiger partial charge in [0.15, 0.2) is 11.6 Å². The summed E-state index contributed by atoms with van der Waals surface area (Å²) in [6.07, 6.45) is -4.05. The zero-order valence-electron chi connectivity index (χ0n) is 16.5. The van der Waals surface area contributed by atoms with Crippen LogP contribution in [-0.4, -0.2) is 46.8 Å². The number of ether oxygens (including phenoxy) is 2. The van der Waals surface area contributed by atoms with Crippen molar-refractivity contribution in [2.24, 2.45) is 0 Å². The molecule has 0 spiro atoms.